The van der Waals surface area contributed by atoms with Crippen molar-refractivity contribution in [1.82, 2.24) is 20.1 Å². The van der Waals surface area contributed by atoms with Crippen molar-refractivity contribution in [2.45, 2.75) is 19.3 Å². The van der Waals surface area contributed by atoms with Gasteiger partial charge in [0, 0.05) is 41.9 Å². The average Bonchev–Trinajstić information content (AvgIpc) is 3.34. The maximum Gasteiger partial charge on any atom is 0.274 e. The topological polar surface area (TPSA) is 100 Å². The maximum absolute atomic E-state index is 12.9. The molecule has 3 heterocycles. The fourth-order valence-electron chi connectivity index (χ4n) is 3.81. The van der Waals surface area contributed by atoms with Crippen LogP contribution in [-0.2, 0) is 4.79 Å². The van der Waals surface area contributed by atoms with Gasteiger partial charge in [-0.15, -0.1) is 0 Å². The molecule has 0 radical (unpaired) electrons. The average molecular weight is 490 g/mol. The number of amides is 2. The lowest BCUT2D eigenvalue weighted by Crippen LogP contribution is -2.41. The van der Waals surface area contributed by atoms with Gasteiger partial charge in [0.05, 0.1) is 24.0 Å². The summed E-state index contributed by atoms with van der Waals surface area (Å²) < 4.78 is 30.9. The number of rotatable bonds is 6. The number of carbonyl (C=O) groups is 2. The van der Waals surface area contributed by atoms with Gasteiger partial charge in [-0.25, -0.2) is 13.8 Å². The van der Waals surface area contributed by atoms with Crippen LogP contribution in [0.15, 0.2) is 42.6 Å². The number of H-pyrrole nitrogens is 1. The van der Waals surface area contributed by atoms with Crippen LogP contribution < -0.4 is 10.1 Å². The fraction of sp³-hybridized carbons (Fsp3) is 0.304. The first-order chi connectivity index (χ1) is 16.4. The summed E-state index contributed by atoms with van der Waals surface area (Å²) in [4.78, 5) is 31.2. The van der Waals surface area contributed by atoms with Gasteiger partial charge in [0.1, 0.15) is 0 Å². The Labute approximate surface area is 199 Å². The number of aromatic amines is 1. The molecule has 1 fully saturated rings. The number of hydrogen-bond acceptors (Lipinski definition) is 5. The molecule has 2 N–H and O–H groups in total. The molecule has 3 aromatic rings. The molecule has 0 atom stereocenters. The van der Waals surface area contributed by atoms with E-state index in [9.17, 15) is 18.4 Å². The number of anilines is 1. The van der Waals surface area contributed by atoms with E-state index in [4.69, 9.17) is 16.3 Å². The SMILES string of the molecule is COc1cc(-c2cc(C(=O)N3CCC(C(=O)Nc4cccc(C(F)F)c4)CC3)n[nH]2)c(Cl)cn1. The number of ether oxygens (including phenoxy) is 1. The first kappa shape index (κ1) is 23.6. The second-order valence-electron chi connectivity index (χ2n) is 7.86. The van der Waals surface area contributed by atoms with E-state index in [-0.39, 0.29) is 29.0 Å². The number of nitrogens with one attached hydrogen (secondary N) is 2. The highest BCUT2D eigenvalue weighted by Crippen LogP contribution is 2.30. The summed E-state index contributed by atoms with van der Waals surface area (Å²) in [7, 11) is 1.49. The first-order valence-electron chi connectivity index (χ1n) is 10.6. The Morgan fingerprint density at radius 2 is 2.00 bits per heavy atom. The third-order valence-electron chi connectivity index (χ3n) is 5.69. The van der Waals surface area contributed by atoms with Crippen molar-refractivity contribution >= 4 is 29.1 Å². The van der Waals surface area contributed by atoms with Crippen LogP contribution in [0.5, 0.6) is 5.88 Å². The van der Waals surface area contributed by atoms with Crippen molar-refractivity contribution in [2.75, 3.05) is 25.5 Å². The summed E-state index contributed by atoms with van der Waals surface area (Å²) in [6, 6.07) is 8.88. The van der Waals surface area contributed by atoms with Gasteiger partial charge in [0.2, 0.25) is 11.8 Å². The Kier molecular flexibility index (Phi) is 7.06. The van der Waals surface area contributed by atoms with Gasteiger partial charge in [0.15, 0.2) is 5.69 Å². The van der Waals surface area contributed by atoms with Crippen LogP contribution in [0.1, 0.15) is 35.3 Å². The Bertz CT molecular complexity index is 1190. The quantitative estimate of drug-likeness (QED) is 0.528. The molecule has 2 aromatic heterocycles. The summed E-state index contributed by atoms with van der Waals surface area (Å²) in [6.07, 6.45) is -0.240. The van der Waals surface area contributed by atoms with E-state index in [0.29, 0.717) is 53.8 Å². The molecule has 1 saturated heterocycles. The minimum atomic E-state index is -2.61. The summed E-state index contributed by atoms with van der Waals surface area (Å²) in [5.41, 5.74) is 1.56. The monoisotopic (exact) mass is 489 g/mol. The lowest BCUT2D eigenvalue weighted by molar-refractivity contribution is -0.121. The fourth-order valence-corrected chi connectivity index (χ4v) is 4.02. The van der Waals surface area contributed by atoms with Crippen LogP contribution in [-0.4, -0.2) is 52.1 Å². The third kappa shape index (κ3) is 5.17. The molecule has 0 aliphatic carbocycles. The number of pyridine rings is 1. The summed E-state index contributed by atoms with van der Waals surface area (Å²) in [5.74, 6) is -0.453. The predicted molar refractivity (Wildman–Crippen MR) is 122 cm³/mol. The smallest absolute Gasteiger partial charge is 0.274 e. The van der Waals surface area contributed by atoms with Crippen molar-refractivity contribution in [3.05, 3.63) is 58.9 Å². The summed E-state index contributed by atoms with van der Waals surface area (Å²) in [6.45, 7) is 0.750. The molecule has 4 rings (SSSR count). The zero-order valence-electron chi connectivity index (χ0n) is 18.2. The van der Waals surface area contributed by atoms with Crippen molar-refractivity contribution in [1.29, 1.82) is 0 Å². The minimum Gasteiger partial charge on any atom is -0.481 e. The normalized spacial score (nSPS) is 14.3. The molecule has 2 amide bonds. The number of benzene rings is 1. The van der Waals surface area contributed by atoms with Crippen molar-refractivity contribution in [2.24, 2.45) is 5.92 Å². The van der Waals surface area contributed by atoms with Gasteiger partial charge in [-0.1, -0.05) is 23.7 Å². The number of piperidine rings is 1. The van der Waals surface area contributed by atoms with E-state index in [0.717, 1.165) is 0 Å². The number of hydrogen-bond donors (Lipinski definition) is 2. The number of alkyl halides is 2. The maximum atomic E-state index is 12.9. The van der Waals surface area contributed by atoms with Gasteiger partial charge >= 0.3 is 0 Å². The molecule has 8 nitrogen and oxygen atoms in total. The van der Waals surface area contributed by atoms with Gasteiger partial charge in [-0.2, -0.15) is 5.10 Å². The zero-order chi connectivity index (χ0) is 24.2. The molecule has 1 aliphatic heterocycles. The molecule has 0 bridgehead atoms. The van der Waals surface area contributed by atoms with E-state index in [1.807, 2.05) is 0 Å². The standard InChI is InChI=1S/C23H22ClF2N5O3/c1-34-20-10-16(17(24)12-27-20)18-11-19(30-29-18)23(33)31-7-5-13(6-8-31)22(32)28-15-4-2-3-14(9-15)21(25)26/h2-4,9-13,21H,5-8H2,1H3,(H,28,32)(H,29,30). The minimum absolute atomic E-state index is 0.150. The van der Waals surface area contributed by atoms with E-state index in [2.05, 4.69) is 20.5 Å². The zero-order valence-corrected chi connectivity index (χ0v) is 19.0. The second kappa shape index (κ2) is 10.2. The van der Waals surface area contributed by atoms with Crippen molar-refractivity contribution < 1.29 is 23.1 Å². The van der Waals surface area contributed by atoms with Crippen molar-refractivity contribution in [3.8, 4) is 17.1 Å². The third-order valence-corrected chi connectivity index (χ3v) is 5.99. The number of nitrogens with zero attached hydrogens (tertiary/aromatic N) is 3. The van der Waals surface area contributed by atoms with Gasteiger partial charge in [-0.05, 0) is 31.0 Å². The van der Waals surface area contributed by atoms with Crippen LogP contribution in [0.25, 0.3) is 11.3 Å². The Hall–Kier alpha value is -3.53. The lowest BCUT2D eigenvalue weighted by atomic mass is 9.95. The second-order valence-corrected chi connectivity index (χ2v) is 8.26. The molecule has 34 heavy (non-hydrogen) atoms. The number of methoxy groups -OCH3 is 1. The van der Waals surface area contributed by atoms with Crippen molar-refractivity contribution in [3.63, 3.8) is 0 Å². The molecule has 0 saturated carbocycles. The number of likely N-dealkylation sites (tertiary alicyclic amines) is 1. The Morgan fingerprint density at radius 1 is 1.24 bits per heavy atom. The van der Waals surface area contributed by atoms with Gasteiger partial charge in [-0.3, -0.25) is 14.7 Å². The van der Waals surface area contributed by atoms with E-state index < -0.39 is 6.43 Å². The highest BCUT2D eigenvalue weighted by atomic mass is 35.5. The molecule has 0 spiro atoms. The van der Waals surface area contributed by atoms with Crippen LogP contribution in [0.3, 0.4) is 0 Å². The predicted octanol–water partition coefficient (Wildman–Crippen LogP) is 4.56. The van der Waals surface area contributed by atoms with Crippen LogP contribution >= 0.6 is 11.6 Å². The Balaban J connectivity index is 1.36. The molecular formula is C23H22ClF2N5O3. The number of halogens is 3. The van der Waals surface area contributed by atoms with Crippen LogP contribution in [0.2, 0.25) is 5.02 Å². The number of aromatic nitrogens is 3. The molecule has 178 valence electrons. The largest absolute Gasteiger partial charge is 0.481 e. The molecule has 1 aliphatic rings. The van der Waals surface area contributed by atoms with Crippen LogP contribution in [0.4, 0.5) is 14.5 Å². The van der Waals surface area contributed by atoms with Crippen LogP contribution in [0, 0.1) is 5.92 Å². The lowest BCUT2D eigenvalue weighted by Gasteiger charge is -2.30. The Morgan fingerprint density at radius 3 is 2.71 bits per heavy atom. The van der Waals surface area contributed by atoms with Gasteiger partial charge < -0.3 is 15.0 Å². The number of carbonyl (C=O) groups excluding carboxylic acids is 2. The van der Waals surface area contributed by atoms with Gasteiger partial charge in [0.25, 0.3) is 12.3 Å². The molecular weight excluding hydrogens is 468 g/mol. The molecule has 11 heteroatoms. The first-order valence-corrected chi connectivity index (χ1v) is 11.0. The molecule has 1 aromatic carbocycles. The van der Waals surface area contributed by atoms with E-state index >= 15 is 0 Å². The highest BCUT2D eigenvalue weighted by molar-refractivity contribution is 6.33. The highest BCUT2D eigenvalue weighted by Gasteiger charge is 2.29. The van der Waals surface area contributed by atoms with E-state index in [1.54, 1.807) is 23.1 Å². The summed E-state index contributed by atoms with van der Waals surface area (Å²) in [5, 5.41) is 10.0. The summed E-state index contributed by atoms with van der Waals surface area (Å²) >= 11 is 6.22. The molecule has 0 unspecified atom stereocenters. The van der Waals surface area contributed by atoms with E-state index in [1.165, 1.54) is 31.5 Å².